The van der Waals surface area contributed by atoms with Gasteiger partial charge in [-0.3, -0.25) is 5.41 Å². The van der Waals surface area contributed by atoms with Crippen molar-refractivity contribution in [2.75, 3.05) is 19.3 Å². The minimum Gasteiger partial charge on any atom is -0.482 e. The summed E-state index contributed by atoms with van der Waals surface area (Å²) in [5.41, 5.74) is 10.4. The Morgan fingerprint density at radius 2 is 2.12 bits per heavy atom. The molecule has 1 aliphatic heterocycles. The van der Waals surface area contributed by atoms with Crippen molar-refractivity contribution in [3.63, 3.8) is 0 Å². The Kier molecular flexibility index (Phi) is 7.31. The summed E-state index contributed by atoms with van der Waals surface area (Å²) in [7, 11) is 1.55. The van der Waals surface area contributed by atoms with Gasteiger partial charge in [0, 0.05) is 48.3 Å². The van der Waals surface area contributed by atoms with Crippen LogP contribution in [0, 0.1) is 16.6 Å². The number of rotatable bonds is 5. The van der Waals surface area contributed by atoms with E-state index in [4.69, 9.17) is 21.3 Å². The van der Waals surface area contributed by atoms with Gasteiger partial charge in [-0.2, -0.15) is 5.10 Å². The molecule has 0 saturated heterocycles. The van der Waals surface area contributed by atoms with Crippen molar-refractivity contribution < 1.29 is 17.9 Å². The average Bonchev–Trinajstić information content (AvgIpc) is 2.78. The smallest absolute Gasteiger partial charge is 0.255 e. The first kappa shape index (κ1) is 23.8. The summed E-state index contributed by atoms with van der Waals surface area (Å²) in [4.78, 5) is 4.11. The third-order valence-corrected chi connectivity index (χ3v) is 5.02. The quantitative estimate of drug-likeness (QED) is 0.345. The van der Waals surface area contributed by atoms with Crippen LogP contribution in [0.1, 0.15) is 36.1 Å². The summed E-state index contributed by atoms with van der Waals surface area (Å²) < 4.78 is 46.1. The molecule has 2 aromatic rings. The molecule has 1 aliphatic rings. The number of nitrogen functional groups attached to an aromatic ring is 1. The number of hydrogen-bond donors (Lipinski definition) is 5. The monoisotopic (exact) mass is 459 g/mol. The summed E-state index contributed by atoms with van der Waals surface area (Å²) in [5.74, 6) is -0.292. The summed E-state index contributed by atoms with van der Waals surface area (Å²) in [5, 5.41) is 23.5. The van der Waals surface area contributed by atoms with Gasteiger partial charge in [0.05, 0.1) is 18.0 Å². The molecule has 0 spiro atoms. The summed E-state index contributed by atoms with van der Waals surface area (Å²) >= 11 is 0. The van der Waals surface area contributed by atoms with Gasteiger partial charge in [0.1, 0.15) is 11.9 Å². The Morgan fingerprint density at radius 3 is 2.79 bits per heavy atom. The maximum absolute atomic E-state index is 14.1. The molecule has 3 rings (SSSR count). The number of hydrogen-bond acceptors (Lipinski definition) is 8. The van der Waals surface area contributed by atoms with Crippen molar-refractivity contribution in [1.29, 1.82) is 10.8 Å². The van der Waals surface area contributed by atoms with Crippen LogP contribution in [-0.4, -0.2) is 42.6 Å². The van der Waals surface area contributed by atoms with Crippen LogP contribution in [0.2, 0.25) is 0 Å². The van der Waals surface area contributed by atoms with E-state index in [1.54, 1.807) is 14.0 Å². The topological polar surface area (TPSA) is 132 Å². The number of allylic oxidation sites excluding steroid dienone is 1. The fourth-order valence-corrected chi connectivity index (χ4v) is 3.48. The second kappa shape index (κ2) is 10.2. The van der Waals surface area contributed by atoms with Gasteiger partial charge < -0.3 is 26.6 Å². The zero-order chi connectivity index (χ0) is 24.1. The zero-order valence-electron chi connectivity index (χ0n) is 18.0. The zero-order valence-corrected chi connectivity index (χ0v) is 18.0. The number of ether oxygens (including phenoxy) is 1. The number of halogens is 3. The van der Waals surface area contributed by atoms with Gasteiger partial charge in [0.2, 0.25) is 0 Å². The average molecular weight is 459 g/mol. The van der Waals surface area contributed by atoms with E-state index >= 15 is 0 Å². The number of nitrogens with zero attached hydrogens (tertiary/aromatic N) is 2. The highest BCUT2D eigenvalue weighted by Gasteiger charge is 2.24. The second-order valence-electron chi connectivity index (χ2n) is 7.25. The van der Waals surface area contributed by atoms with E-state index in [0.29, 0.717) is 16.7 Å². The third-order valence-electron chi connectivity index (χ3n) is 5.02. The summed E-state index contributed by atoms with van der Waals surface area (Å²) in [6.07, 6.45) is -1.03. The highest BCUT2D eigenvalue weighted by Crippen LogP contribution is 2.32. The van der Waals surface area contributed by atoms with Crippen molar-refractivity contribution in [3.8, 4) is 5.75 Å². The Morgan fingerprint density at radius 1 is 1.36 bits per heavy atom. The van der Waals surface area contributed by atoms with Crippen LogP contribution in [0.15, 0.2) is 41.1 Å². The predicted molar refractivity (Wildman–Crippen MR) is 122 cm³/mol. The Hall–Kier alpha value is -3.89. The highest BCUT2D eigenvalue weighted by molar-refractivity contribution is 6.48. The summed E-state index contributed by atoms with van der Waals surface area (Å²) in [6, 6.07) is 5.47. The first-order valence-electron chi connectivity index (χ1n) is 10.0. The van der Waals surface area contributed by atoms with Gasteiger partial charge in [-0.1, -0.05) is 0 Å². The summed E-state index contributed by atoms with van der Waals surface area (Å²) in [6.45, 7) is 1.01. The van der Waals surface area contributed by atoms with Crippen LogP contribution in [0.5, 0.6) is 5.75 Å². The normalized spacial score (nSPS) is 19.9. The lowest BCUT2D eigenvalue weighted by Gasteiger charge is -2.23. The Balaban J connectivity index is 2.29. The van der Waals surface area contributed by atoms with E-state index in [1.807, 2.05) is 0 Å². The SMILES string of the molecule is CN/N=C1/C/C(C=N)=C(/NCC(F)F)c2cnc(N)c(c2)O[C@H](C)c2cc(F)ccc2C1=N. The number of hydrazone groups is 1. The first-order valence-corrected chi connectivity index (χ1v) is 10.0. The highest BCUT2D eigenvalue weighted by atomic mass is 19.3. The molecule has 0 saturated carbocycles. The van der Waals surface area contributed by atoms with Crippen molar-refractivity contribution in [1.82, 2.24) is 15.7 Å². The van der Waals surface area contributed by atoms with Gasteiger partial charge in [0.15, 0.2) is 11.6 Å². The Labute approximate surface area is 188 Å². The maximum Gasteiger partial charge on any atom is 0.255 e. The molecule has 2 heterocycles. The molecule has 0 fully saturated rings. The molecule has 6 N–H and O–H groups in total. The first-order chi connectivity index (χ1) is 15.7. The number of nitrogens with one attached hydrogen (secondary N) is 4. The fraction of sp³-hybridized carbons (Fsp3) is 0.273. The largest absolute Gasteiger partial charge is 0.482 e. The second-order valence-corrected chi connectivity index (χ2v) is 7.25. The molecule has 0 unspecified atom stereocenters. The van der Waals surface area contributed by atoms with Crippen molar-refractivity contribution in [3.05, 3.63) is 58.5 Å². The van der Waals surface area contributed by atoms with Gasteiger partial charge in [-0.05, 0) is 36.8 Å². The molecule has 174 valence electrons. The molecule has 1 aromatic carbocycles. The molecule has 0 radical (unpaired) electrons. The number of benzene rings is 1. The molecule has 33 heavy (non-hydrogen) atoms. The Bertz CT molecular complexity index is 1130. The van der Waals surface area contributed by atoms with E-state index in [9.17, 15) is 13.2 Å². The fourth-order valence-electron chi connectivity index (χ4n) is 3.48. The van der Waals surface area contributed by atoms with Crippen LogP contribution in [0.25, 0.3) is 5.70 Å². The number of fused-ring (bicyclic) bond motifs is 3. The molecule has 0 aliphatic carbocycles. The van der Waals surface area contributed by atoms with Crippen LogP contribution >= 0.6 is 0 Å². The van der Waals surface area contributed by atoms with E-state index < -0.39 is 24.9 Å². The standard InChI is InChI=1S/C22H24F3N7O/c1-11-16-7-14(23)3-4-15(16)20(27)17(32-29-2)5-12(8-26)21(30-10-19(24)25)13-6-18(33-11)22(28)31-9-13/h3-4,6-9,11,19,26-27,29-30H,5,10H2,1-2H3,(H2,28,31)/b21-12-,26-8?,27-20?,32-17-/t11-/m1/s1. The van der Waals surface area contributed by atoms with Gasteiger partial charge in [-0.15, -0.1) is 0 Å². The molecule has 0 amide bonds. The number of pyridine rings is 1. The molecule has 1 atom stereocenters. The third kappa shape index (κ3) is 5.30. The molecule has 1 aromatic heterocycles. The van der Waals surface area contributed by atoms with Gasteiger partial charge >= 0.3 is 0 Å². The van der Waals surface area contributed by atoms with E-state index in [0.717, 1.165) is 6.21 Å². The van der Waals surface area contributed by atoms with Crippen LogP contribution in [0.4, 0.5) is 19.0 Å². The predicted octanol–water partition coefficient (Wildman–Crippen LogP) is 3.51. The molecule has 8 nitrogen and oxygen atoms in total. The van der Waals surface area contributed by atoms with Crippen LogP contribution < -0.4 is 21.2 Å². The molecular formula is C22H24F3N7O. The van der Waals surface area contributed by atoms with Crippen LogP contribution in [-0.2, 0) is 0 Å². The minimum atomic E-state index is -2.64. The van der Waals surface area contributed by atoms with Crippen molar-refractivity contribution in [2.24, 2.45) is 5.10 Å². The molecule has 11 heteroatoms. The van der Waals surface area contributed by atoms with E-state index in [-0.39, 0.29) is 40.7 Å². The lowest BCUT2D eigenvalue weighted by molar-refractivity contribution is 0.151. The minimum absolute atomic E-state index is 0.0299. The lowest BCUT2D eigenvalue weighted by Crippen LogP contribution is -2.26. The number of alkyl halides is 2. The molecule has 2 bridgehead atoms. The molecular weight excluding hydrogens is 435 g/mol. The number of aromatic nitrogens is 1. The van der Waals surface area contributed by atoms with Gasteiger partial charge in [0.25, 0.3) is 6.43 Å². The number of nitrogens with two attached hydrogens (primary N) is 1. The lowest BCUT2D eigenvalue weighted by atomic mass is 9.92. The number of anilines is 1. The van der Waals surface area contributed by atoms with Crippen molar-refractivity contribution >= 4 is 29.2 Å². The van der Waals surface area contributed by atoms with Crippen molar-refractivity contribution in [2.45, 2.75) is 25.9 Å². The van der Waals surface area contributed by atoms with E-state index in [1.165, 1.54) is 30.5 Å². The van der Waals surface area contributed by atoms with E-state index in [2.05, 4.69) is 20.8 Å². The van der Waals surface area contributed by atoms with Gasteiger partial charge in [-0.25, -0.2) is 18.2 Å². The maximum atomic E-state index is 14.1. The van der Waals surface area contributed by atoms with Crippen LogP contribution in [0.3, 0.4) is 0 Å².